The lowest BCUT2D eigenvalue weighted by Crippen LogP contribution is -2.26. The Labute approximate surface area is 141 Å². The number of aryl methyl sites for hydroxylation is 1. The molecular formula is C17H19NO5S. The van der Waals surface area contributed by atoms with Crippen LogP contribution in [0, 0.1) is 6.92 Å². The molecule has 0 unspecified atom stereocenters. The normalized spacial score (nSPS) is 14.6. The second kappa shape index (κ2) is 6.80. The molecule has 0 radical (unpaired) electrons. The highest BCUT2D eigenvalue weighted by Crippen LogP contribution is 2.34. The number of aliphatic hydroxyl groups is 1. The molecule has 7 heteroatoms. The van der Waals surface area contributed by atoms with Crippen molar-refractivity contribution < 1.29 is 23.0 Å². The van der Waals surface area contributed by atoms with Crippen molar-refractivity contribution in [1.29, 1.82) is 0 Å². The zero-order chi connectivity index (χ0) is 17.2. The van der Waals surface area contributed by atoms with Gasteiger partial charge in [0.25, 0.3) is 0 Å². The van der Waals surface area contributed by atoms with Crippen LogP contribution in [-0.4, -0.2) is 26.9 Å². The fourth-order valence-electron chi connectivity index (χ4n) is 2.48. The van der Waals surface area contributed by atoms with Crippen LogP contribution in [0.1, 0.15) is 23.7 Å². The van der Waals surface area contributed by atoms with Crippen molar-refractivity contribution in [2.45, 2.75) is 24.3 Å². The summed E-state index contributed by atoms with van der Waals surface area (Å²) in [7, 11) is -3.58. The molecule has 1 atom stereocenters. The Balaban J connectivity index is 1.59. The molecule has 0 fully saturated rings. The minimum absolute atomic E-state index is 0.131. The van der Waals surface area contributed by atoms with Crippen LogP contribution in [0.3, 0.4) is 0 Å². The number of ether oxygens (including phenoxy) is 2. The van der Waals surface area contributed by atoms with E-state index in [0.717, 1.165) is 5.56 Å². The molecule has 0 amide bonds. The summed E-state index contributed by atoms with van der Waals surface area (Å²) < 4.78 is 37.5. The first-order chi connectivity index (χ1) is 11.5. The van der Waals surface area contributed by atoms with E-state index < -0.39 is 16.1 Å². The van der Waals surface area contributed by atoms with Gasteiger partial charge in [-0.15, -0.1) is 0 Å². The van der Waals surface area contributed by atoms with E-state index in [1.165, 1.54) is 0 Å². The number of rotatable bonds is 6. The maximum absolute atomic E-state index is 12.2. The van der Waals surface area contributed by atoms with Gasteiger partial charge in [0.1, 0.15) is 0 Å². The maximum Gasteiger partial charge on any atom is 0.240 e. The van der Waals surface area contributed by atoms with Gasteiger partial charge in [-0.05, 0) is 48.7 Å². The van der Waals surface area contributed by atoms with Crippen LogP contribution in [0.25, 0.3) is 0 Å². The molecule has 128 valence electrons. The van der Waals surface area contributed by atoms with E-state index in [-0.39, 0.29) is 24.7 Å². The van der Waals surface area contributed by atoms with Crippen LogP contribution in [0.15, 0.2) is 47.4 Å². The third-order valence-electron chi connectivity index (χ3n) is 3.79. The van der Waals surface area contributed by atoms with E-state index in [2.05, 4.69) is 4.72 Å². The molecule has 0 saturated carbocycles. The Kier molecular flexibility index (Phi) is 4.75. The molecule has 0 aliphatic carbocycles. The number of nitrogens with one attached hydrogen (secondary N) is 1. The van der Waals surface area contributed by atoms with E-state index in [1.807, 2.05) is 13.0 Å². The van der Waals surface area contributed by atoms with Gasteiger partial charge in [0.2, 0.25) is 16.8 Å². The van der Waals surface area contributed by atoms with Crippen molar-refractivity contribution in [1.82, 2.24) is 4.72 Å². The smallest absolute Gasteiger partial charge is 0.240 e. The predicted octanol–water partition coefficient (Wildman–Crippen LogP) is 2.13. The third-order valence-corrected chi connectivity index (χ3v) is 5.25. The van der Waals surface area contributed by atoms with Crippen LogP contribution in [0.2, 0.25) is 0 Å². The Hall–Kier alpha value is -2.09. The lowest BCUT2D eigenvalue weighted by Gasteiger charge is -2.13. The van der Waals surface area contributed by atoms with Gasteiger partial charge in [-0.1, -0.05) is 18.2 Å². The fourth-order valence-corrected chi connectivity index (χ4v) is 3.63. The molecule has 0 aromatic heterocycles. The summed E-state index contributed by atoms with van der Waals surface area (Å²) in [4.78, 5) is 0.222. The molecule has 24 heavy (non-hydrogen) atoms. The summed E-state index contributed by atoms with van der Waals surface area (Å²) in [5.74, 6) is 1.23. The Bertz CT molecular complexity index is 835. The van der Waals surface area contributed by atoms with E-state index in [9.17, 15) is 13.5 Å². The van der Waals surface area contributed by atoms with Gasteiger partial charge < -0.3 is 14.6 Å². The molecular weight excluding hydrogens is 330 g/mol. The number of fused-ring (bicyclic) bond motifs is 1. The highest BCUT2D eigenvalue weighted by molar-refractivity contribution is 7.89. The lowest BCUT2D eigenvalue weighted by atomic mass is 10.1. The van der Waals surface area contributed by atoms with Gasteiger partial charge in [0, 0.05) is 6.54 Å². The Morgan fingerprint density at radius 1 is 1.17 bits per heavy atom. The monoisotopic (exact) mass is 349 g/mol. The number of benzene rings is 2. The van der Waals surface area contributed by atoms with Gasteiger partial charge in [-0.3, -0.25) is 0 Å². The number of sulfonamides is 1. The average Bonchev–Trinajstić information content (AvgIpc) is 3.02. The second-order valence-electron chi connectivity index (χ2n) is 5.63. The highest BCUT2D eigenvalue weighted by atomic mass is 32.2. The molecule has 2 N–H and O–H groups in total. The molecule has 2 aromatic carbocycles. The largest absolute Gasteiger partial charge is 0.454 e. The Morgan fingerprint density at radius 2 is 1.96 bits per heavy atom. The van der Waals surface area contributed by atoms with Crippen LogP contribution in [-0.2, 0) is 10.0 Å². The van der Waals surface area contributed by atoms with Gasteiger partial charge in [-0.2, -0.15) is 0 Å². The van der Waals surface area contributed by atoms with Crippen molar-refractivity contribution in [3.8, 4) is 11.5 Å². The molecule has 0 bridgehead atoms. The summed E-state index contributed by atoms with van der Waals surface area (Å²) in [6.45, 7) is 2.14. The van der Waals surface area contributed by atoms with Gasteiger partial charge in [0.05, 0.1) is 11.0 Å². The highest BCUT2D eigenvalue weighted by Gasteiger charge is 2.18. The molecule has 1 heterocycles. The summed E-state index contributed by atoms with van der Waals surface area (Å²) in [6, 6.07) is 11.9. The van der Waals surface area contributed by atoms with E-state index in [4.69, 9.17) is 9.47 Å². The first-order valence-electron chi connectivity index (χ1n) is 7.60. The number of aliphatic hydroxyl groups excluding tert-OH is 1. The average molecular weight is 349 g/mol. The summed E-state index contributed by atoms with van der Waals surface area (Å²) >= 11 is 0. The van der Waals surface area contributed by atoms with E-state index in [0.29, 0.717) is 17.1 Å². The predicted molar refractivity (Wildman–Crippen MR) is 88.5 cm³/mol. The van der Waals surface area contributed by atoms with Gasteiger partial charge in [-0.25, -0.2) is 13.1 Å². The molecule has 1 aliphatic rings. The zero-order valence-electron chi connectivity index (χ0n) is 13.2. The van der Waals surface area contributed by atoms with Crippen LogP contribution in [0.5, 0.6) is 11.5 Å². The van der Waals surface area contributed by atoms with Crippen molar-refractivity contribution in [3.05, 3.63) is 53.6 Å². The number of hydrogen-bond acceptors (Lipinski definition) is 5. The first kappa shape index (κ1) is 16.8. The molecule has 0 spiro atoms. The van der Waals surface area contributed by atoms with Gasteiger partial charge >= 0.3 is 0 Å². The third kappa shape index (κ3) is 3.69. The van der Waals surface area contributed by atoms with E-state index in [1.54, 1.807) is 36.4 Å². The quantitative estimate of drug-likeness (QED) is 0.834. The van der Waals surface area contributed by atoms with Crippen molar-refractivity contribution in [2.75, 3.05) is 13.3 Å². The molecule has 6 nitrogen and oxygen atoms in total. The fraction of sp³-hybridized carbons (Fsp3) is 0.294. The molecule has 2 aromatic rings. The minimum Gasteiger partial charge on any atom is -0.454 e. The second-order valence-corrected chi connectivity index (χ2v) is 7.40. The van der Waals surface area contributed by atoms with Crippen LogP contribution < -0.4 is 14.2 Å². The standard InChI is InChI=1S/C17H19NO5S/c1-12-3-2-4-14(9-12)24(20,21)18-8-7-15(19)13-5-6-16-17(10-13)23-11-22-16/h2-6,9-10,15,18-19H,7-8,11H2,1H3/t15-/m0/s1. The lowest BCUT2D eigenvalue weighted by molar-refractivity contribution is 0.166. The molecule has 1 aliphatic heterocycles. The maximum atomic E-state index is 12.2. The Morgan fingerprint density at radius 3 is 2.75 bits per heavy atom. The summed E-state index contributed by atoms with van der Waals surface area (Å²) in [5.41, 5.74) is 1.53. The summed E-state index contributed by atoms with van der Waals surface area (Å²) in [6.07, 6.45) is -0.537. The SMILES string of the molecule is Cc1cccc(S(=O)(=O)NCC[C@H](O)c2ccc3c(c2)OCO3)c1. The van der Waals surface area contributed by atoms with Crippen molar-refractivity contribution in [3.63, 3.8) is 0 Å². The zero-order valence-corrected chi connectivity index (χ0v) is 14.0. The topological polar surface area (TPSA) is 84.9 Å². The number of hydrogen-bond donors (Lipinski definition) is 2. The van der Waals surface area contributed by atoms with Gasteiger partial charge in [0.15, 0.2) is 11.5 Å². The van der Waals surface area contributed by atoms with E-state index >= 15 is 0 Å². The summed E-state index contributed by atoms with van der Waals surface area (Å²) in [5, 5.41) is 10.2. The van der Waals surface area contributed by atoms with Crippen LogP contribution in [0.4, 0.5) is 0 Å². The van der Waals surface area contributed by atoms with Crippen molar-refractivity contribution in [2.24, 2.45) is 0 Å². The minimum atomic E-state index is -3.58. The van der Waals surface area contributed by atoms with Crippen molar-refractivity contribution >= 4 is 10.0 Å². The molecule has 0 saturated heterocycles. The first-order valence-corrected chi connectivity index (χ1v) is 9.08. The van der Waals surface area contributed by atoms with Crippen LogP contribution >= 0.6 is 0 Å². The molecule has 3 rings (SSSR count).